The lowest BCUT2D eigenvalue weighted by Gasteiger charge is -2.52. The summed E-state index contributed by atoms with van der Waals surface area (Å²) in [6.07, 6.45) is 8.32. The monoisotopic (exact) mass is 538 g/mol. The fourth-order valence-electron chi connectivity index (χ4n) is 7.51. The van der Waals surface area contributed by atoms with E-state index in [2.05, 4.69) is 16.6 Å². The predicted octanol–water partition coefficient (Wildman–Crippen LogP) is 4.88. The first-order valence-electron chi connectivity index (χ1n) is 13.6. The number of halogens is 1. The van der Waals surface area contributed by atoms with Gasteiger partial charge in [0.25, 0.3) is 0 Å². The second-order valence-electron chi connectivity index (χ2n) is 11.5. The van der Waals surface area contributed by atoms with Crippen LogP contribution < -0.4 is 10.5 Å². The third kappa shape index (κ3) is 4.25. The highest BCUT2D eigenvalue weighted by atomic mass is 32.2. The maximum absolute atomic E-state index is 15.0. The third-order valence-corrected chi connectivity index (χ3v) is 11.0. The lowest BCUT2D eigenvalue weighted by Crippen LogP contribution is -2.52. The largest absolute Gasteiger partial charge is 0.399 e. The number of nitrogens with one attached hydrogen (secondary N) is 1. The zero-order chi connectivity index (χ0) is 26.7. The number of aliphatic hydroxyl groups is 1. The zero-order valence-corrected chi connectivity index (χ0v) is 22.4. The molecule has 0 spiro atoms. The van der Waals surface area contributed by atoms with E-state index in [1.54, 1.807) is 30.7 Å². The number of sulfonamides is 1. The van der Waals surface area contributed by atoms with E-state index < -0.39 is 16.1 Å². The summed E-state index contributed by atoms with van der Waals surface area (Å²) in [7, 11) is -3.68. The molecule has 2 heterocycles. The van der Waals surface area contributed by atoms with E-state index in [-0.39, 0.29) is 34.1 Å². The Kier molecular flexibility index (Phi) is 6.36. The highest BCUT2D eigenvalue weighted by molar-refractivity contribution is 7.89. The highest BCUT2D eigenvalue weighted by Crippen LogP contribution is 2.54. The number of benzene rings is 2. The molecule has 2 aliphatic carbocycles. The Bertz CT molecular complexity index is 1440. The predicted molar refractivity (Wildman–Crippen MR) is 144 cm³/mol. The molecule has 0 saturated heterocycles. The van der Waals surface area contributed by atoms with Crippen LogP contribution in [0.4, 0.5) is 10.1 Å². The van der Waals surface area contributed by atoms with Crippen molar-refractivity contribution in [3.63, 3.8) is 0 Å². The van der Waals surface area contributed by atoms with Crippen molar-refractivity contribution in [1.29, 1.82) is 0 Å². The fourth-order valence-corrected chi connectivity index (χ4v) is 8.85. The van der Waals surface area contributed by atoms with Crippen LogP contribution in [0.25, 0.3) is 11.3 Å². The van der Waals surface area contributed by atoms with Gasteiger partial charge in [-0.3, -0.25) is 0 Å². The molecule has 2 fully saturated rings. The van der Waals surface area contributed by atoms with E-state index in [4.69, 9.17) is 5.73 Å². The van der Waals surface area contributed by atoms with E-state index in [9.17, 15) is 13.5 Å². The Balaban J connectivity index is 1.24. The molecule has 4 N–H and O–H groups in total. The number of anilines is 1. The summed E-state index contributed by atoms with van der Waals surface area (Å²) in [6.45, 7) is 2.11. The van der Waals surface area contributed by atoms with Crippen molar-refractivity contribution >= 4 is 15.7 Å². The first kappa shape index (κ1) is 25.5. The zero-order valence-electron chi connectivity index (χ0n) is 21.6. The molecule has 2 aromatic carbocycles. The molecule has 1 aromatic heterocycles. The summed E-state index contributed by atoms with van der Waals surface area (Å²) in [5.41, 5.74) is 8.24. The van der Waals surface area contributed by atoms with Crippen molar-refractivity contribution in [2.45, 2.75) is 75.0 Å². The Morgan fingerprint density at radius 2 is 2.00 bits per heavy atom. The van der Waals surface area contributed by atoms with Gasteiger partial charge < -0.3 is 15.4 Å². The van der Waals surface area contributed by atoms with E-state index in [1.807, 2.05) is 10.6 Å². The Morgan fingerprint density at radius 3 is 2.76 bits per heavy atom. The lowest BCUT2D eigenvalue weighted by atomic mass is 9.56. The average molecular weight is 539 g/mol. The van der Waals surface area contributed by atoms with Gasteiger partial charge in [-0.05, 0) is 92.5 Å². The summed E-state index contributed by atoms with van der Waals surface area (Å²) in [6, 6.07) is 10.9. The SMILES string of the molecule is CCC1(C(O)CC2c3c(F)cccc3-c3cncn32)CC2CCC(NS(=O)(=O)c3ccc(N)cc3)[C@H](C2)C1. The molecule has 202 valence electrons. The summed E-state index contributed by atoms with van der Waals surface area (Å²) in [4.78, 5) is 4.50. The number of imidazole rings is 1. The molecular formula is C29H35FN4O3S. The van der Waals surface area contributed by atoms with Gasteiger partial charge in [-0.1, -0.05) is 19.1 Å². The topological polar surface area (TPSA) is 110 Å². The molecule has 3 aliphatic rings. The van der Waals surface area contributed by atoms with Crippen molar-refractivity contribution in [2.75, 3.05) is 5.73 Å². The molecular weight excluding hydrogens is 503 g/mol. The quantitative estimate of drug-likeness (QED) is 0.372. The Hall–Kier alpha value is -2.75. The molecule has 0 amide bonds. The number of hydrogen-bond donors (Lipinski definition) is 3. The number of hydrogen-bond acceptors (Lipinski definition) is 5. The Morgan fingerprint density at radius 1 is 1.21 bits per heavy atom. The maximum Gasteiger partial charge on any atom is 0.240 e. The van der Waals surface area contributed by atoms with Crippen LogP contribution in [0, 0.1) is 23.1 Å². The van der Waals surface area contributed by atoms with Gasteiger partial charge in [0.05, 0.1) is 35.3 Å². The minimum absolute atomic E-state index is 0.136. The van der Waals surface area contributed by atoms with E-state index in [1.165, 1.54) is 18.2 Å². The molecule has 2 saturated carbocycles. The standard InChI is InChI=1S/C29H35FN4O3S/c1-2-29(27(35)13-25-28-22(4-3-5-23(28)30)26-16-32-17-34(25)26)14-18-6-11-24(19(12-18)15-29)33-38(36,37)21-9-7-20(31)8-10-21/h3-5,7-10,16-19,24-25,27,33,35H,2,6,11-15,31H2,1H3/t18?,19-,24?,25?,27?,29?/m1/s1. The molecule has 0 radical (unpaired) electrons. The van der Waals surface area contributed by atoms with E-state index in [0.29, 0.717) is 23.6 Å². The number of nitrogens with zero attached hydrogens (tertiary/aromatic N) is 2. The van der Waals surface area contributed by atoms with Crippen LogP contribution in [0.3, 0.4) is 0 Å². The second kappa shape index (κ2) is 9.47. The second-order valence-corrected chi connectivity index (χ2v) is 13.2. The molecule has 9 heteroatoms. The third-order valence-electron chi connectivity index (χ3n) is 9.47. The molecule has 6 atom stereocenters. The molecule has 5 unspecified atom stereocenters. The van der Waals surface area contributed by atoms with Gasteiger partial charge in [-0.2, -0.15) is 0 Å². The summed E-state index contributed by atoms with van der Waals surface area (Å²) >= 11 is 0. The first-order chi connectivity index (χ1) is 18.2. The van der Waals surface area contributed by atoms with E-state index >= 15 is 4.39 Å². The van der Waals surface area contributed by atoms with Crippen LogP contribution in [0.1, 0.15) is 63.5 Å². The summed E-state index contributed by atoms with van der Waals surface area (Å²) in [5.74, 6) is 0.320. The molecule has 2 bridgehead atoms. The van der Waals surface area contributed by atoms with Crippen molar-refractivity contribution in [3.05, 3.63) is 66.4 Å². The molecule has 3 aromatic rings. The molecule has 7 nitrogen and oxygen atoms in total. The summed E-state index contributed by atoms with van der Waals surface area (Å²) < 4.78 is 46.3. The molecule has 1 aliphatic heterocycles. The van der Waals surface area contributed by atoms with Gasteiger partial charge in [0.2, 0.25) is 10.0 Å². The number of nitrogen functional groups attached to an aromatic ring is 1. The minimum Gasteiger partial charge on any atom is -0.399 e. The highest BCUT2D eigenvalue weighted by Gasteiger charge is 2.49. The molecule has 38 heavy (non-hydrogen) atoms. The van der Waals surface area contributed by atoms with Crippen LogP contribution in [-0.2, 0) is 10.0 Å². The first-order valence-corrected chi connectivity index (χ1v) is 15.1. The van der Waals surface area contributed by atoms with Gasteiger partial charge >= 0.3 is 0 Å². The summed E-state index contributed by atoms with van der Waals surface area (Å²) in [5, 5.41) is 11.8. The van der Waals surface area contributed by atoms with Crippen LogP contribution in [0.2, 0.25) is 0 Å². The number of fused-ring (bicyclic) bond motifs is 5. The van der Waals surface area contributed by atoms with Gasteiger partial charge in [0.1, 0.15) is 5.82 Å². The lowest BCUT2D eigenvalue weighted by molar-refractivity contribution is -0.0657. The van der Waals surface area contributed by atoms with Crippen LogP contribution in [0.5, 0.6) is 0 Å². The van der Waals surface area contributed by atoms with Crippen molar-refractivity contribution < 1.29 is 17.9 Å². The number of aromatic nitrogens is 2. The smallest absolute Gasteiger partial charge is 0.240 e. The van der Waals surface area contributed by atoms with Gasteiger partial charge in [0, 0.05) is 22.9 Å². The van der Waals surface area contributed by atoms with Gasteiger partial charge in [0.15, 0.2) is 0 Å². The van der Waals surface area contributed by atoms with Crippen LogP contribution >= 0.6 is 0 Å². The number of nitrogens with two attached hydrogens (primary N) is 1. The van der Waals surface area contributed by atoms with Crippen molar-refractivity contribution in [3.8, 4) is 11.3 Å². The maximum atomic E-state index is 15.0. The average Bonchev–Trinajstić information content (AvgIpc) is 3.49. The number of aliphatic hydroxyl groups excluding tert-OH is 1. The number of rotatable bonds is 7. The molecule has 6 rings (SSSR count). The fraction of sp³-hybridized carbons (Fsp3) is 0.483. The minimum atomic E-state index is -3.68. The van der Waals surface area contributed by atoms with E-state index in [0.717, 1.165) is 49.8 Å². The van der Waals surface area contributed by atoms with Gasteiger partial charge in [-0.25, -0.2) is 22.5 Å². The van der Waals surface area contributed by atoms with Crippen molar-refractivity contribution in [2.24, 2.45) is 17.3 Å². The normalized spacial score (nSPS) is 29.0. The van der Waals surface area contributed by atoms with Crippen LogP contribution in [0.15, 0.2) is 59.9 Å². The van der Waals surface area contributed by atoms with Gasteiger partial charge in [-0.15, -0.1) is 0 Å². The van der Waals surface area contributed by atoms with Crippen molar-refractivity contribution in [1.82, 2.24) is 14.3 Å². The Labute approximate surface area is 223 Å². The van der Waals surface area contributed by atoms with Crippen LogP contribution in [-0.4, -0.2) is 35.2 Å².